The molecule has 0 spiro atoms. The second-order valence-electron chi connectivity index (χ2n) is 7.52. The third-order valence-corrected chi connectivity index (χ3v) is 4.69. The van der Waals surface area contributed by atoms with Crippen molar-refractivity contribution in [2.45, 2.75) is 33.2 Å². The predicted octanol–water partition coefficient (Wildman–Crippen LogP) is 3.23. The van der Waals surface area contributed by atoms with E-state index >= 15 is 0 Å². The Labute approximate surface area is 150 Å². The van der Waals surface area contributed by atoms with Crippen LogP contribution in [0.1, 0.15) is 26.7 Å². The average molecular weight is 354 g/mol. The van der Waals surface area contributed by atoms with Crippen molar-refractivity contribution >= 4 is 27.7 Å². The van der Waals surface area contributed by atoms with Crippen molar-refractivity contribution in [3.8, 4) is 11.5 Å². The van der Waals surface area contributed by atoms with Crippen LogP contribution in [-0.4, -0.2) is 44.3 Å². The maximum atomic E-state index is 10.6. The van der Waals surface area contributed by atoms with Crippen LogP contribution in [0.25, 0.3) is 21.8 Å². The van der Waals surface area contributed by atoms with Crippen LogP contribution in [0.15, 0.2) is 29.3 Å². The number of fused-ring (bicyclic) bond motifs is 2. The molecule has 7 heteroatoms. The number of ether oxygens (including phenoxy) is 1. The lowest BCUT2D eigenvalue weighted by atomic mass is 9.94. The van der Waals surface area contributed by atoms with Crippen LogP contribution >= 0.6 is 0 Å². The minimum Gasteiger partial charge on any atom is -0.505 e. The zero-order chi connectivity index (χ0) is 18.3. The molecular formula is C19H22N4O3. The smallest absolute Gasteiger partial charge is 0.183 e. The zero-order valence-corrected chi connectivity index (χ0v) is 14.9. The fourth-order valence-corrected chi connectivity index (χ4v) is 3.22. The molecule has 2 heterocycles. The zero-order valence-electron chi connectivity index (χ0n) is 14.9. The van der Waals surface area contributed by atoms with Crippen LogP contribution in [0.4, 0.5) is 0 Å². The van der Waals surface area contributed by atoms with Crippen LogP contribution < -0.4 is 0 Å². The Kier molecular flexibility index (Phi) is 3.94. The molecule has 3 aromatic rings. The van der Waals surface area contributed by atoms with Crippen molar-refractivity contribution < 1.29 is 14.9 Å². The molecule has 4 rings (SSSR count). The summed E-state index contributed by atoms with van der Waals surface area (Å²) in [5.74, 6) is 0.902. The monoisotopic (exact) mass is 354 g/mol. The van der Waals surface area contributed by atoms with Gasteiger partial charge in [-0.1, -0.05) is 43.3 Å². The summed E-state index contributed by atoms with van der Waals surface area (Å²) in [5.41, 5.74) is 0.860. The molecule has 2 N–H and O–H groups in total. The van der Waals surface area contributed by atoms with E-state index in [4.69, 9.17) is 4.74 Å². The maximum absolute atomic E-state index is 10.6. The fraction of sp³-hybridized carbons (Fsp3) is 0.421. The number of hydrogen-bond donors (Lipinski definition) is 2. The molecule has 0 atom stereocenters. The van der Waals surface area contributed by atoms with Crippen molar-refractivity contribution in [3.05, 3.63) is 24.3 Å². The first kappa shape index (κ1) is 16.6. The van der Waals surface area contributed by atoms with Crippen LogP contribution in [0.2, 0.25) is 0 Å². The highest BCUT2D eigenvalue weighted by Gasteiger charge is 2.24. The first-order valence-electron chi connectivity index (χ1n) is 8.78. The molecule has 1 aromatic heterocycles. The summed E-state index contributed by atoms with van der Waals surface area (Å²) in [4.78, 5) is 4.50. The number of aromatic nitrogens is 3. The summed E-state index contributed by atoms with van der Waals surface area (Å²) in [6, 6.07) is 7.15. The standard InChI is InChI=1S/C19H22N4O3/c1-19(2)10-20-14(26-11-19)8-5-9-23-16-15(21-22-23)17(24)12-6-3-4-7-13(12)18(16)25/h3-4,6-7,24-25H,5,8-11H2,1-2H3. The lowest BCUT2D eigenvalue weighted by Crippen LogP contribution is -2.30. The minimum atomic E-state index is 0.0434. The maximum Gasteiger partial charge on any atom is 0.183 e. The van der Waals surface area contributed by atoms with E-state index in [0.29, 0.717) is 41.4 Å². The van der Waals surface area contributed by atoms with Crippen LogP contribution in [0.5, 0.6) is 11.5 Å². The number of aryl methyl sites for hydroxylation is 1. The van der Waals surface area contributed by atoms with Crippen LogP contribution in [-0.2, 0) is 11.3 Å². The molecule has 0 saturated carbocycles. The molecule has 26 heavy (non-hydrogen) atoms. The average Bonchev–Trinajstić information content (AvgIpc) is 3.05. The number of rotatable bonds is 4. The summed E-state index contributed by atoms with van der Waals surface area (Å²) in [5, 5.41) is 30.4. The lowest BCUT2D eigenvalue weighted by molar-refractivity contribution is 0.151. The third-order valence-electron chi connectivity index (χ3n) is 4.69. The Balaban J connectivity index is 1.57. The van der Waals surface area contributed by atoms with E-state index in [0.717, 1.165) is 18.9 Å². The van der Waals surface area contributed by atoms with Crippen LogP contribution in [0.3, 0.4) is 0 Å². The van der Waals surface area contributed by atoms with E-state index in [2.05, 4.69) is 29.2 Å². The molecule has 0 aliphatic carbocycles. The quantitative estimate of drug-likeness (QED) is 0.702. The highest BCUT2D eigenvalue weighted by molar-refractivity contribution is 6.07. The Bertz CT molecular complexity index is 1010. The van der Waals surface area contributed by atoms with Gasteiger partial charge >= 0.3 is 0 Å². The molecule has 2 aromatic carbocycles. The van der Waals surface area contributed by atoms with E-state index in [1.165, 1.54) is 0 Å². The van der Waals surface area contributed by atoms with E-state index in [9.17, 15) is 10.2 Å². The summed E-state index contributed by atoms with van der Waals surface area (Å²) in [6.07, 6.45) is 1.46. The number of benzene rings is 2. The molecule has 0 radical (unpaired) electrons. The summed E-state index contributed by atoms with van der Waals surface area (Å²) < 4.78 is 7.35. The van der Waals surface area contributed by atoms with Crippen molar-refractivity contribution in [1.82, 2.24) is 15.0 Å². The van der Waals surface area contributed by atoms with Crippen molar-refractivity contribution in [2.24, 2.45) is 10.4 Å². The molecule has 1 aliphatic heterocycles. The van der Waals surface area contributed by atoms with Gasteiger partial charge in [-0.05, 0) is 6.42 Å². The van der Waals surface area contributed by atoms with Gasteiger partial charge in [0.05, 0.1) is 13.2 Å². The lowest BCUT2D eigenvalue weighted by Gasteiger charge is -2.28. The van der Waals surface area contributed by atoms with E-state index < -0.39 is 0 Å². The third kappa shape index (κ3) is 2.83. The Hall–Kier alpha value is -2.83. The first-order valence-corrected chi connectivity index (χ1v) is 8.78. The van der Waals surface area contributed by atoms with Gasteiger partial charge in [0.15, 0.2) is 22.9 Å². The van der Waals surface area contributed by atoms with Gasteiger partial charge in [0.25, 0.3) is 0 Å². The van der Waals surface area contributed by atoms with E-state index in [-0.39, 0.29) is 16.9 Å². The number of hydrogen-bond acceptors (Lipinski definition) is 6. The van der Waals surface area contributed by atoms with Gasteiger partial charge in [-0.15, -0.1) is 5.10 Å². The van der Waals surface area contributed by atoms with Crippen molar-refractivity contribution in [1.29, 1.82) is 0 Å². The SMILES string of the molecule is CC1(C)CN=C(CCCn2nnc3c(O)c4ccccc4c(O)c32)OC1. The van der Waals surface area contributed by atoms with Gasteiger partial charge in [0, 0.05) is 29.2 Å². The summed E-state index contributed by atoms with van der Waals surface area (Å²) >= 11 is 0. The van der Waals surface area contributed by atoms with Crippen molar-refractivity contribution in [3.63, 3.8) is 0 Å². The molecule has 0 amide bonds. The number of aromatic hydroxyl groups is 2. The Morgan fingerprint density at radius 2 is 1.88 bits per heavy atom. The number of phenols is 2. The summed E-state index contributed by atoms with van der Waals surface area (Å²) in [7, 11) is 0. The molecule has 0 saturated heterocycles. The van der Waals surface area contributed by atoms with E-state index in [1.807, 2.05) is 12.1 Å². The van der Waals surface area contributed by atoms with E-state index in [1.54, 1.807) is 16.8 Å². The highest BCUT2D eigenvalue weighted by Crippen LogP contribution is 2.40. The molecule has 7 nitrogen and oxygen atoms in total. The van der Waals surface area contributed by atoms with Crippen LogP contribution in [0, 0.1) is 5.41 Å². The largest absolute Gasteiger partial charge is 0.505 e. The van der Waals surface area contributed by atoms with Gasteiger partial charge in [-0.2, -0.15) is 0 Å². The Morgan fingerprint density at radius 3 is 2.58 bits per heavy atom. The molecule has 0 fully saturated rings. The van der Waals surface area contributed by atoms with Gasteiger partial charge in [-0.3, -0.25) is 4.99 Å². The van der Waals surface area contributed by atoms with Gasteiger partial charge in [0.1, 0.15) is 5.52 Å². The molecule has 1 aliphatic rings. The number of phenolic OH excluding ortho intramolecular Hbond substituents is 2. The highest BCUT2D eigenvalue weighted by atomic mass is 16.5. The van der Waals surface area contributed by atoms with Crippen molar-refractivity contribution in [2.75, 3.05) is 13.2 Å². The normalized spacial score (nSPS) is 16.6. The molecular weight excluding hydrogens is 332 g/mol. The van der Waals surface area contributed by atoms with Gasteiger partial charge < -0.3 is 14.9 Å². The topological polar surface area (TPSA) is 92.8 Å². The molecule has 0 unspecified atom stereocenters. The number of aliphatic imine (C=N–C) groups is 1. The minimum absolute atomic E-state index is 0.0434. The predicted molar refractivity (Wildman–Crippen MR) is 99.6 cm³/mol. The summed E-state index contributed by atoms with van der Waals surface area (Å²) in [6.45, 7) is 6.27. The molecule has 0 bridgehead atoms. The fourth-order valence-electron chi connectivity index (χ4n) is 3.22. The van der Waals surface area contributed by atoms with Gasteiger partial charge in [0.2, 0.25) is 0 Å². The Morgan fingerprint density at radius 1 is 1.15 bits per heavy atom. The molecule has 136 valence electrons. The number of nitrogens with zero attached hydrogens (tertiary/aromatic N) is 4. The second kappa shape index (κ2) is 6.16. The van der Waals surface area contributed by atoms with Gasteiger partial charge in [-0.25, -0.2) is 4.68 Å². The first-order chi connectivity index (χ1) is 12.5. The second-order valence-corrected chi connectivity index (χ2v) is 7.52.